The van der Waals surface area contributed by atoms with Crippen LogP contribution in [0.2, 0.25) is 0 Å². The zero-order valence-electron chi connectivity index (χ0n) is 15.5. The van der Waals surface area contributed by atoms with E-state index < -0.39 is 0 Å². The number of nitrogens with one attached hydrogen (secondary N) is 1. The molecule has 0 spiro atoms. The van der Waals surface area contributed by atoms with Crippen molar-refractivity contribution in [1.82, 2.24) is 9.97 Å². The highest BCUT2D eigenvalue weighted by Gasteiger charge is 2.14. The molecule has 0 amide bonds. The van der Waals surface area contributed by atoms with E-state index in [1.54, 1.807) is 17.7 Å². The van der Waals surface area contributed by atoms with Gasteiger partial charge in [0.05, 0.1) is 10.2 Å². The highest BCUT2D eigenvalue weighted by Crippen LogP contribution is 2.37. The van der Waals surface area contributed by atoms with E-state index in [9.17, 15) is 0 Å². The van der Waals surface area contributed by atoms with E-state index in [1.807, 2.05) is 24.3 Å². The molecule has 0 aliphatic rings. The maximum atomic E-state index is 4.46. The van der Waals surface area contributed by atoms with Gasteiger partial charge in [-0.05, 0) is 40.8 Å². The second-order valence-electron chi connectivity index (χ2n) is 7.51. The summed E-state index contributed by atoms with van der Waals surface area (Å²) in [7, 11) is 0. The Balaban J connectivity index is 1.70. The fourth-order valence-electron chi connectivity index (χ4n) is 2.92. The van der Waals surface area contributed by atoms with Crippen LogP contribution in [0.5, 0.6) is 0 Å². The van der Waals surface area contributed by atoms with Gasteiger partial charge in [0.25, 0.3) is 0 Å². The van der Waals surface area contributed by atoms with Crippen molar-refractivity contribution in [2.75, 3.05) is 5.32 Å². The molecule has 5 heteroatoms. The molecule has 1 N–H and O–H groups in total. The van der Waals surface area contributed by atoms with Gasteiger partial charge < -0.3 is 5.32 Å². The standard InChI is InChI=1S/C22H20BrN3S/c1-22(2,3)15-9-7-14(8-10-15)19-12-18-20(27-19)21(25-13-24-18)26-17-6-4-5-16(23)11-17/h4-13H,1-3H3,(H,24,25,26). The Bertz CT molecular complexity index is 1090. The van der Waals surface area contributed by atoms with E-state index in [0.29, 0.717) is 0 Å². The van der Waals surface area contributed by atoms with Crippen LogP contribution in [-0.4, -0.2) is 9.97 Å². The number of aromatic nitrogens is 2. The van der Waals surface area contributed by atoms with Gasteiger partial charge in [0.15, 0.2) is 5.82 Å². The van der Waals surface area contributed by atoms with Crippen LogP contribution >= 0.6 is 27.3 Å². The van der Waals surface area contributed by atoms with E-state index in [-0.39, 0.29) is 5.41 Å². The van der Waals surface area contributed by atoms with Gasteiger partial charge in [-0.2, -0.15) is 0 Å². The minimum absolute atomic E-state index is 0.158. The number of nitrogens with zero attached hydrogens (tertiary/aromatic N) is 2. The molecule has 0 saturated carbocycles. The number of hydrogen-bond acceptors (Lipinski definition) is 4. The van der Waals surface area contributed by atoms with Crippen LogP contribution in [0.1, 0.15) is 26.3 Å². The molecule has 0 fully saturated rings. The zero-order chi connectivity index (χ0) is 19.0. The Hall–Kier alpha value is -2.24. The number of benzene rings is 2. The lowest BCUT2D eigenvalue weighted by Gasteiger charge is -2.18. The number of anilines is 2. The Morgan fingerprint density at radius 2 is 1.74 bits per heavy atom. The van der Waals surface area contributed by atoms with Crippen molar-refractivity contribution in [1.29, 1.82) is 0 Å². The molecule has 136 valence electrons. The second-order valence-corrected chi connectivity index (χ2v) is 9.48. The predicted molar refractivity (Wildman–Crippen MR) is 119 cm³/mol. The molecule has 0 atom stereocenters. The lowest BCUT2D eigenvalue weighted by Crippen LogP contribution is -2.10. The van der Waals surface area contributed by atoms with Gasteiger partial charge in [0.1, 0.15) is 6.33 Å². The van der Waals surface area contributed by atoms with Gasteiger partial charge in [-0.15, -0.1) is 11.3 Å². The third-order valence-corrected chi connectivity index (χ3v) is 6.11. The number of rotatable bonds is 3. The molecule has 3 nitrogen and oxygen atoms in total. The van der Waals surface area contributed by atoms with Crippen LogP contribution in [-0.2, 0) is 5.41 Å². The lowest BCUT2D eigenvalue weighted by atomic mass is 9.86. The van der Waals surface area contributed by atoms with Crippen LogP contribution in [0.3, 0.4) is 0 Å². The van der Waals surface area contributed by atoms with E-state index in [2.05, 4.69) is 82.3 Å². The van der Waals surface area contributed by atoms with Gasteiger partial charge >= 0.3 is 0 Å². The fourth-order valence-corrected chi connectivity index (χ4v) is 4.38. The fraction of sp³-hybridized carbons (Fsp3) is 0.182. The molecule has 0 bridgehead atoms. The molecule has 0 aliphatic heterocycles. The highest BCUT2D eigenvalue weighted by atomic mass is 79.9. The summed E-state index contributed by atoms with van der Waals surface area (Å²) in [5.41, 5.74) is 4.66. The molecule has 4 aromatic rings. The van der Waals surface area contributed by atoms with Crippen molar-refractivity contribution in [2.24, 2.45) is 0 Å². The van der Waals surface area contributed by atoms with Crippen molar-refractivity contribution in [3.05, 3.63) is 71.0 Å². The minimum Gasteiger partial charge on any atom is -0.339 e. The summed E-state index contributed by atoms with van der Waals surface area (Å²) in [5.74, 6) is 0.834. The Labute approximate surface area is 171 Å². The van der Waals surface area contributed by atoms with E-state index in [4.69, 9.17) is 0 Å². The van der Waals surface area contributed by atoms with Gasteiger partial charge in [0, 0.05) is 15.0 Å². The number of halogens is 1. The molecule has 27 heavy (non-hydrogen) atoms. The molecule has 2 aromatic heterocycles. The highest BCUT2D eigenvalue weighted by molar-refractivity contribution is 9.10. The number of hydrogen-bond donors (Lipinski definition) is 1. The van der Waals surface area contributed by atoms with Crippen LogP contribution in [0.4, 0.5) is 11.5 Å². The largest absolute Gasteiger partial charge is 0.339 e. The first kappa shape index (κ1) is 18.1. The molecule has 2 heterocycles. The number of fused-ring (bicyclic) bond motifs is 1. The van der Waals surface area contributed by atoms with Gasteiger partial charge in [-0.3, -0.25) is 0 Å². The minimum atomic E-state index is 0.158. The lowest BCUT2D eigenvalue weighted by molar-refractivity contribution is 0.590. The van der Waals surface area contributed by atoms with Crippen molar-refractivity contribution in [3.63, 3.8) is 0 Å². The summed E-state index contributed by atoms with van der Waals surface area (Å²) in [6.45, 7) is 6.70. The summed E-state index contributed by atoms with van der Waals surface area (Å²) in [6.07, 6.45) is 1.61. The summed E-state index contributed by atoms with van der Waals surface area (Å²) < 4.78 is 2.09. The van der Waals surface area contributed by atoms with Crippen molar-refractivity contribution < 1.29 is 0 Å². The molecule has 4 rings (SSSR count). The van der Waals surface area contributed by atoms with Crippen LogP contribution < -0.4 is 5.32 Å². The Morgan fingerprint density at radius 1 is 0.963 bits per heavy atom. The van der Waals surface area contributed by atoms with Crippen LogP contribution in [0, 0.1) is 0 Å². The Kier molecular flexibility index (Phi) is 4.74. The van der Waals surface area contributed by atoms with Crippen molar-refractivity contribution >= 4 is 49.0 Å². The van der Waals surface area contributed by atoms with E-state index in [1.165, 1.54) is 16.0 Å². The average molecular weight is 438 g/mol. The third kappa shape index (κ3) is 3.89. The number of thiophene rings is 1. The second kappa shape index (κ2) is 7.06. The average Bonchev–Trinajstić information content (AvgIpc) is 3.06. The molecule has 2 aromatic carbocycles. The summed E-state index contributed by atoms with van der Waals surface area (Å²) >= 11 is 5.22. The first-order valence-electron chi connectivity index (χ1n) is 8.78. The maximum Gasteiger partial charge on any atom is 0.151 e. The summed E-state index contributed by atoms with van der Waals surface area (Å²) in [4.78, 5) is 10.1. The molecule has 0 saturated heterocycles. The quantitative estimate of drug-likeness (QED) is 0.369. The van der Waals surface area contributed by atoms with Gasteiger partial charge in [-0.25, -0.2) is 9.97 Å². The normalized spacial score (nSPS) is 11.7. The molecule has 0 unspecified atom stereocenters. The van der Waals surface area contributed by atoms with Crippen LogP contribution in [0.25, 0.3) is 20.7 Å². The van der Waals surface area contributed by atoms with Crippen molar-refractivity contribution in [2.45, 2.75) is 26.2 Å². The van der Waals surface area contributed by atoms with E-state index in [0.717, 1.165) is 26.2 Å². The summed E-state index contributed by atoms with van der Waals surface area (Å²) in [5, 5.41) is 3.41. The molecule has 0 aliphatic carbocycles. The van der Waals surface area contributed by atoms with Crippen LogP contribution in [0.15, 0.2) is 65.4 Å². The van der Waals surface area contributed by atoms with Gasteiger partial charge in [0.2, 0.25) is 0 Å². The molecular formula is C22H20BrN3S. The Morgan fingerprint density at radius 3 is 2.44 bits per heavy atom. The maximum absolute atomic E-state index is 4.46. The first-order valence-corrected chi connectivity index (χ1v) is 10.4. The first-order chi connectivity index (χ1) is 12.9. The monoisotopic (exact) mass is 437 g/mol. The predicted octanol–water partition coefficient (Wildman–Crippen LogP) is 7.16. The smallest absolute Gasteiger partial charge is 0.151 e. The molecular weight excluding hydrogens is 418 g/mol. The van der Waals surface area contributed by atoms with E-state index >= 15 is 0 Å². The topological polar surface area (TPSA) is 37.8 Å². The van der Waals surface area contributed by atoms with Gasteiger partial charge in [-0.1, -0.05) is 67.0 Å². The molecule has 0 radical (unpaired) electrons. The zero-order valence-corrected chi connectivity index (χ0v) is 17.9. The van der Waals surface area contributed by atoms with Crippen molar-refractivity contribution in [3.8, 4) is 10.4 Å². The SMILES string of the molecule is CC(C)(C)c1ccc(-c2cc3ncnc(Nc4cccc(Br)c4)c3s2)cc1. The third-order valence-electron chi connectivity index (χ3n) is 4.43. The summed E-state index contributed by atoms with van der Waals surface area (Å²) in [6, 6.07) is 19.0.